The van der Waals surface area contributed by atoms with Crippen LogP contribution in [0, 0.1) is 5.82 Å². The van der Waals surface area contributed by atoms with Crippen molar-refractivity contribution in [1.82, 2.24) is 0 Å². The van der Waals surface area contributed by atoms with Gasteiger partial charge >= 0.3 is 0 Å². The molecule has 0 unspecified atom stereocenters. The summed E-state index contributed by atoms with van der Waals surface area (Å²) in [5.41, 5.74) is 2.07. The highest BCUT2D eigenvalue weighted by molar-refractivity contribution is 6.29. The van der Waals surface area contributed by atoms with Gasteiger partial charge in [-0.2, -0.15) is 0 Å². The van der Waals surface area contributed by atoms with E-state index in [0.717, 1.165) is 5.69 Å². The molecule has 0 spiro atoms. The molecule has 5 heteroatoms. The van der Waals surface area contributed by atoms with E-state index in [0.29, 0.717) is 11.4 Å². The average molecular weight is 279 g/mol. The van der Waals surface area contributed by atoms with Crippen LogP contribution in [0.1, 0.15) is 0 Å². The summed E-state index contributed by atoms with van der Waals surface area (Å²) in [6.45, 7) is 0. The van der Waals surface area contributed by atoms with Crippen LogP contribution >= 0.6 is 11.6 Å². The Kier molecular flexibility index (Phi) is 4.36. The zero-order valence-corrected chi connectivity index (χ0v) is 10.7. The number of rotatable bonds is 4. The molecular weight excluding hydrogens is 267 g/mol. The lowest BCUT2D eigenvalue weighted by molar-refractivity contribution is -0.113. The molecule has 3 nitrogen and oxygen atoms in total. The predicted molar refractivity (Wildman–Crippen MR) is 75.5 cm³/mol. The fraction of sp³-hybridized carbons (Fsp3) is 0.0714. The Hall–Kier alpha value is -2.07. The van der Waals surface area contributed by atoms with Crippen LogP contribution in [0.15, 0.2) is 48.5 Å². The smallest absolute Gasteiger partial charge is 0.239 e. The Balaban J connectivity index is 2.20. The summed E-state index contributed by atoms with van der Waals surface area (Å²) in [4.78, 5) is 11.3. The van der Waals surface area contributed by atoms with E-state index in [1.807, 2.05) is 12.1 Å². The molecule has 1 amide bonds. The predicted octanol–water partition coefficient (Wildman–Crippen LogP) is 3.75. The summed E-state index contributed by atoms with van der Waals surface area (Å²) in [6, 6.07) is 13.2. The normalized spacial score (nSPS) is 10.0. The number of hydrogen-bond donors (Lipinski definition) is 2. The maximum absolute atomic E-state index is 12.8. The molecule has 0 saturated carbocycles. The number of amides is 1. The Morgan fingerprint density at radius 1 is 1.05 bits per heavy atom. The van der Waals surface area contributed by atoms with Crippen LogP contribution in [0.25, 0.3) is 0 Å². The van der Waals surface area contributed by atoms with Gasteiger partial charge in [0.2, 0.25) is 5.91 Å². The van der Waals surface area contributed by atoms with Crippen LogP contribution in [0.2, 0.25) is 0 Å². The Bertz CT molecular complexity index is 572. The van der Waals surface area contributed by atoms with Gasteiger partial charge in [0.25, 0.3) is 0 Å². The molecule has 0 aliphatic carbocycles. The number of para-hydroxylation sites is 2. The van der Waals surface area contributed by atoms with Gasteiger partial charge < -0.3 is 10.6 Å². The molecule has 0 bridgehead atoms. The molecule has 0 aliphatic rings. The average Bonchev–Trinajstić information content (AvgIpc) is 2.43. The van der Waals surface area contributed by atoms with Gasteiger partial charge in [-0.3, -0.25) is 4.79 Å². The molecule has 2 aromatic rings. The zero-order chi connectivity index (χ0) is 13.7. The number of benzene rings is 2. The number of nitrogens with one attached hydrogen (secondary N) is 2. The minimum atomic E-state index is -0.297. The number of halogens is 2. The van der Waals surface area contributed by atoms with Crippen LogP contribution in [-0.2, 0) is 4.79 Å². The lowest BCUT2D eigenvalue weighted by atomic mass is 10.2. The molecule has 2 N–H and O–H groups in total. The van der Waals surface area contributed by atoms with Crippen molar-refractivity contribution >= 4 is 34.6 Å². The Labute approximate surface area is 115 Å². The summed E-state index contributed by atoms with van der Waals surface area (Å²) in [5, 5.41) is 5.79. The maximum Gasteiger partial charge on any atom is 0.239 e. The first-order chi connectivity index (χ1) is 9.19. The molecule has 2 aromatic carbocycles. The van der Waals surface area contributed by atoms with Crippen molar-refractivity contribution in [2.75, 3.05) is 16.5 Å². The lowest BCUT2D eigenvalue weighted by Gasteiger charge is -2.12. The second kappa shape index (κ2) is 6.20. The van der Waals surface area contributed by atoms with Gasteiger partial charge in [-0.15, -0.1) is 11.6 Å². The highest BCUT2D eigenvalue weighted by Gasteiger charge is 2.05. The fourth-order valence-electron chi connectivity index (χ4n) is 1.57. The standard InChI is InChI=1S/C14H12ClFN2O/c15-9-14(19)18-13-4-2-1-3-12(13)17-11-7-5-10(16)6-8-11/h1-8,17H,9H2,(H,18,19). The molecule has 0 atom stereocenters. The third-order valence-electron chi connectivity index (χ3n) is 2.45. The lowest BCUT2D eigenvalue weighted by Crippen LogP contribution is -2.13. The van der Waals surface area contributed by atoms with E-state index in [9.17, 15) is 9.18 Å². The van der Waals surface area contributed by atoms with E-state index < -0.39 is 0 Å². The number of carbonyl (C=O) groups excluding carboxylic acids is 1. The largest absolute Gasteiger partial charge is 0.354 e. The molecule has 0 radical (unpaired) electrons. The van der Waals surface area contributed by atoms with Crippen LogP contribution in [0.4, 0.5) is 21.5 Å². The highest BCUT2D eigenvalue weighted by Crippen LogP contribution is 2.25. The Morgan fingerprint density at radius 2 is 1.68 bits per heavy atom. The van der Waals surface area contributed by atoms with Crippen molar-refractivity contribution in [3.8, 4) is 0 Å². The quantitative estimate of drug-likeness (QED) is 0.837. The van der Waals surface area contributed by atoms with Gasteiger partial charge in [-0.1, -0.05) is 12.1 Å². The van der Waals surface area contributed by atoms with Crippen molar-refractivity contribution in [1.29, 1.82) is 0 Å². The minimum absolute atomic E-state index is 0.106. The fourth-order valence-corrected chi connectivity index (χ4v) is 1.64. The number of carbonyl (C=O) groups is 1. The first-order valence-electron chi connectivity index (χ1n) is 5.66. The molecule has 0 aliphatic heterocycles. The molecular formula is C14H12ClFN2O. The number of alkyl halides is 1. The molecule has 0 heterocycles. The monoisotopic (exact) mass is 278 g/mol. The van der Waals surface area contributed by atoms with Gasteiger partial charge in [0.1, 0.15) is 11.7 Å². The molecule has 98 valence electrons. The summed E-state index contributed by atoms with van der Waals surface area (Å²) >= 11 is 5.46. The summed E-state index contributed by atoms with van der Waals surface area (Å²) < 4.78 is 12.8. The van der Waals surface area contributed by atoms with Gasteiger partial charge in [-0.05, 0) is 36.4 Å². The van der Waals surface area contributed by atoms with Crippen molar-refractivity contribution in [3.05, 3.63) is 54.3 Å². The molecule has 0 fully saturated rings. The first kappa shape index (κ1) is 13.4. The highest BCUT2D eigenvalue weighted by atomic mass is 35.5. The molecule has 2 rings (SSSR count). The molecule has 0 saturated heterocycles. The van der Waals surface area contributed by atoms with E-state index in [4.69, 9.17) is 11.6 Å². The van der Waals surface area contributed by atoms with Crippen LogP contribution in [-0.4, -0.2) is 11.8 Å². The first-order valence-corrected chi connectivity index (χ1v) is 6.20. The van der Waals surface area contributed by atoms with E-state index in [1.54, 1.807) is 24.3 Å². The van der Waals surface area contributed by atoms with Crippen molar-refractivity contribution in [2.45, 2.75) is 0 Å². The second-order valence-electron chi connectivity index (χ2n) is 3.86. The van der Waals surface area contributed by atoms with Gasteiger partial charge in [0.05, 0.1) is 11.4 Å². The van der Waals surface area contributed by atoms with Gasteiger partial charge in [0, 0.05) is 5.69 Å². The topological polar surface area (TPSA) is 41.1 Å². The summed E-state index contributed by atoms with van der Waals surface area (Å²) in [6.07, 6.45) is 0. The number of hydrogen-bond acceptors (Lipinski definition) is 2. The van der Waals surface area contributed by atoms with E-state index in [-0.39, 0.29) is 17.6 Å². The third kappa shape index (κ3) is 3.69. The third-order valence-corrected chi connectivity index (χ3v) is 2.69. The SMILES string of the molecule is O=C(CCl)Nc1ccccc1Nc1ccc(F)cc1. The van der Waals surface area contributed by atoms with Crippen molar-refractivity contribution in [2.24, 2.45) is 0 Å². The zero-order valence-electron chi connectivity index (χ0n) is 9.99. The van der Waals surface area contributed by atoms with E-state index in [1.165, 1.54) is 12.1 Å². The van der Waals surface area contributed by atoms with Crippen molar-refractivity contribution < 1.29 is 9.18 Å². The van der Waals surface area contributed by atoms with Crippen molar-refractivity contribution in [3.63, 3.8) is 0 Å². The van der Waals surface area contributed by atoms with Gasteiger partial charge in [-0.25, -0.2) is 4.39 Å². The van der Waals surface area contributed by atoms with E-state index >= 15 is 0 Å². The van der Waals surface area contributed by atoms with E-state index in [2.05, 4.69) is 10.6 Å². The van der Waals surface area contributed by atoms with Gasteiger partial charge in [0.15, 0.2) is 0 Å². The number of anilines is 3. The summed E-state index contributed by atoms with van der Waals surface area (Å²) in [5.74, 6) is -0.686. The van der Waals surface area contributed by atoms with Crippen LogP contribution in [0.5, 0.6) is 0 Å². The second-order valence-corrected chi connectivity index (χ2v) is 4.13. The van der Waals surface area contributed by atoms with Crippen LogP contribution < -0.4 is 10.6 Å². The minimum Gasteiger partial charge on any atom is -0.354 e. The maximum atomic E-state index is 12.8. The molecule has 0 aromatic heterocycles. The summed E-state index contributed by atoms with van der Waals surface area (Å²) in [7, 11) is 0. The van der Waals surface area contributed by atoms with Crippen LogP contribution in [0.3, 0.4) is 0 Å². The molecule has 19 heavy (non-hydrogen) atoms. The Morgan fingerprint density at radius 3 is 2.32 bits per heavy atom.